The van der Waals surface area contributed by atoms with Gasteiger partial charge in [0.25, 0.3) is 0 Å². The van der Waals surface area contributed by atoms with E-state index in [9.17, 15) is 0 Å². The number of rotatable bonds is 8. The molecule has 142 heavy (non-hydrogen) atoms. The molecule has 0 aromatic heterocycles. The van der Waals surface area contributed by atoms with Crippen molar-refractivity contribution >= 4 is 63.1 Å². The van der Waals surface area contributed by atoms with E-state index in [4.69, 9.17) is 50.5 Å². The molecule has 2 radical (unpaired) electrons. The molecule has 0 amide bonds. The minimum atomic E-state index is -4.68. The van der Waals surface area contributed by atoms with Crippen LogP contribution in [0.25, 0.3) is 0 Å². The van der Waals surface area contributed by atoms with Gasteiger partial charge in [0.05, 0.1) is 0 Å². The van der Waals surface area contributed by atoms with Crippen molar-refractivity contribution in [1.29, 1.82) is 0 Å². The number of phosphoric acid groups is 4. The van der Waals surface area contributed by atoms with Crippen LogP contribution in [0.15, 0.2) is 97.1 Å². The fraction of sp³-hybridized carbons (Fsp3) is 0.593. The molecule has 4 aliphatic rings. The molecule has 0 aliphatic carbocycles. The summed E-state index contributed by atoms with van der Waals surface area (Å²) in [6, 6.07) is 33.8. The third-order valence-corrected chi connectivity index (χ3v) is 36.2. The van der Waals surface area contributed by atoms with Crippen molar-refractivity contribution in [3.05, 3.63) is 231 Å². The zero-order valence-electron chi connectivity index (χ0n) is 96.3. The van der Waals surface area contributed by atoms with Gasteiger partial charge in [-0.25, -0.2) is 18.3 Å². The lowest BCUT2D eigenvalue weighted by Gasteiger charge is -2.37. The van der Waals surface area contributed by atoms with Crippen molar-refractivity contribution in [3.63, 3.8) is 0 Å². The van der Waals surface area contributed by atoms with E-state index in [1.54, 1.807) is 0 Å². The number of hydrogen-bond donors (Lipinski definition) is 0. The number of fused-ring (bicyclic) bond motifs is 16. The van der Waals surface area contributed by atoms with Crippen LogP contribution in [0.1, 0.15) is 492 Å². The maximum Gasteiger partial charge on any atom is 0.689 e. The lowest BCUT2D eigenvalue weighted by Crippen LogP contribution is -2.25. The molecule has 0 saturated heterocycles. The topological polar surface area (TPSA) is 242 Å². The normalized spacial score (nSPS) is 18.7. The van der Waals surface area contributed by atoms with E-state index in [0.29, 0.717) is 58.8 Å². The Labute approximate surface area is 870 Å². The molecule has 0 spiro atoms. The van der Waals surface area contributed by atoms with Gasteiger partial charge in [-0.2, -0.15) is 0 Å². The smallest absolute Gasteiger partial charge is 0.412 e. The summed E-state index contributed by atoms with van der Waals surface area (Å²) in [7, 11) is -18.7. The first-order chi connectivity index (χ1) is 62.6. The second-order valence-electron chi connectivity index (χ2n) is 56.7. The second-order valence-corrected chi connectivity index (χ2v) is 65.5. The molecule has 0 atom stereocenters. The molecule has 24 heteroatoms. The molecule has 0 unspecified atom stereocenters. The third-order valence-electron chi connectivity index (χ3n) is 27.4. The van der Waals surface area contributed by atoms with Crippen LogP contribution in [0, 0.1) is 0 Å². The average Bonchev–Trinajstić information content (AvgIpc) is 0.733. The molecule has 12 rings (SSSR count). The maximum atomic E-state index is 15.9. The molecule has 0 saturated carbocycles. The first-order valence-electron chi connectivity index (χ1n) is 50.5. The Morgan fingerprint density at radius 1 is 0.190 bits per heavy atom. The summed E-state index contributed by atoms with van der Waals surface area (Å²) < 4.78 is 143. The summed E-state index contributed by atoms with van der Waals surface area (Å²) in [4.78, 5) is 0. The van der Waals surface area contributed by atoms with Crippen molar-refractivity contribution in [2.75, 3.05) is 0 Å². The van der Waals surface area contributed by atoms with Gasteiger partial charge in [0.2, 0.25) is 0 Å². The zero-order chi connectivity index (χ0) is 106. The Morgan fingerprint density at radius 2 is 0.303 bits per heavy atom. The average molecular weight is 2060 g/mol. The maximum absolute atomic E-state index is 15.9. The third kappa shape index (κ3) is 26.7. The summed E-state index contributed by atoms with van der Waals surface area (Å²) in [6.07, 6.45) is 1.23. The number of hydrogen-bond acceptors (Lipinski definition) is 16. The number of phosphoric ester groups is 4. The van der Waals surface area contributed by atoms with Crippen molar-refractivity contribution in [1.82, 2.24) is 0 Å². The summed E-state index contributed by atoms with van der Waals surface area (Å²) in [5, 5.41) is 0. The fourth-order valence-electron chi connectivity index (χ4n) is 19.8. The largest absolute Gasteiger partial charge is 0.689 e. The fourth-order valence-corrected chi connectivity index (χ4v) is 27.1. The van der Waals surface area contributed by atoms with Gasteiger partial charge in [-0.3, -0.25) is 0 Å². The highest BCUT2D eigenvalue weighted by Crippen LogP contribution is 2.64. The quantitative estimate of drug-likeness (QED) is 0.101. The Bertz CT molecular complexity index is 5570. The highest BCUT2D eigenvalue weighted by molar-refractivity contribution is 7.53. The van der Waals surface area contributed by atoms with E-state index in [0.717, 1.165) is 89.0 Å². The molecule has 4 aliphatic heterocycles. The van der Waals surface area contributed by atoms with Gasteiger partial charge in [-0.05, 0) is 237 Å². The van der Waals surface area contributed by atoms with Gasteiger partial charge >= 0.3 is 63.1 Å². The van der Waals surface area contributed by atoms with Crippen LogP contribution in [0.5, 0.6) is 46.0 Å². The lowest BCUT2D eigenvalue weighted by molar-refractivity contribution is 0.256. The van der Waals surface area contributed by atoms with Gasteiger partial charge in [0.15, 0.2) is 0 Å². The predicted octanol–water partition coefficient (Wildman–Crippen LogP) is 34.0. The first-order valence-corrected chi connectivity index (χ1v) is 58.2. The van der Waals surface area contributed by atoms with Crippen LogP contribution < -0.4 is 36.2 Å². The van der Waals surface area contributed by atoms with E-state index >= 15 is 18.3 Å². The van der Waals surface area contributed by atoms with E-state index < -0.39 is 106 Å². The summed E-state index contributed by atoms with van der Waals surface area (Å²) >= 11 is -3.77. The van der Waals surface area contributed by atoms with Gasteiger partial charge in [-0.15, -0.1) is 0 Å². The Hall–Kier alpha value is -6.10. The van der Waals surface area contributed by atoms with Gasteiger partial charge in [-0.1, -0.05) is 395 Å². The van der Waals surface area contributed by atoms with Crippen LogP contribution in [0.4, 0.5) is 0 Å². The molecular weight excluding hydrogens is 1880 g/mol. The second kappa shape index (κ2) is 39.4. The molecule has 0 fully saturated rings. The van der Waals surface area contributed by atoms with Crippen molar-refractivity contribution in [2.24, 2.45) is 0 Å². The predicted molar refractivity (Wildman–Crippen MR) is 590 cm³/mol. The highest BCUT2D eigenvalue weighted by atomic mass is 31.2. The Kier molecular flexibility index (Phi) is 33.1. The zero-order valence-corrected chi connectivity index (χ0v) is 102. The number of benzene rings is 8. The van der Waals surface area contributed by atoms with Crippen molar-refractivity contribution < 1.29 is 79.7 Å². The minimum absolute atomic E-state index is 0. The molecular formula is C118H176Al2O18P4. The SMILES string of the molecule is CC(C)(C)c1cc(C(C)(C)C)c2cc1Cc1cc(c(C(C)(C)C)cc1C(C)(C)C)OP(=O)([O][Al][O]P1(=O)Oc3cc(c(C(C)(C)C)cc3C(C)(C)C)Cc3cc(c(C(C)(C)C)cc3C(C)(C)C)O1)O2.CC1c2cc(c(C(C)(C)C)cc2C(C)(C)C)OP(=O)([O][Al][O]P2(=O)Oc3cc(c(C(C)(C)C)cc3C(C)(C)C)C(C)c3cc(c(C(C)(C)C)cc3C(C)(C)C)O2)Oc2cc1c(C(C)(C)C)cc2C(C)(C)C.O.O. The lowest BCUT2D eigenvalue weighted by atomic mass is 9.71. The van der Waals surface area contributed by atoms with Crippen LogP contribution in [0.2, 0.25) is 0 Å². The summed E-state index contributed by atoms with van der Waals surface area (Å²) in [6.45, 7) is 109. The van der Waals surface area contributed by atoms with Gasteiger partial charge in [0, 0.05) is 56.3 Å². The molecule has 16 bridgehead atoms. The van der Waals surface area contributed by atoms with E-state index in [2.05, 4.69) is 395 Å². The van der Waals surface area contributed by atoms with E-state index in [1.165, 1.54) is 44.5 Å². The molecule has 782 valence electrons. The van der Waals surface area contributed by atoms with Crippen LogP contribution in [0.3, 0.4) is 0 Å². The Morgan fingerprint density at radius 3 is 0.423 bits per heavy atom. The van der Waals surface area contributed by atoms with Gasteiger partial charge in [0.1, 0.15) is 46.0 Å². The van der Waals surface area contributed by atoms with Crippen molar-refractivity contribution in [3.8, 4) is 46.0 Å². The monoisotopic (exact) mass is 2060 g/mol. The standard InChI is InChI=1S/2C30H45O4P.2C29H43O4P.2Al.2H2O/c2*1-18-19-14-25(23(29(8,9)10)16-21(19)27(2,3)4)33-35(31,32)34-26-15-20(18)22(28(5,6)7)17-24(26)30(11,12)13;2*1-26(2,3)20-16-22(28(7,8)9)24-14-18(20)13-19-15-25(33-34(30,31)32-24)23(29(10,11)12)17-21(19)27(4,5)6;;;;/h2*14-18H,1-13H3,(H,31,32);2*14-17H,13H2,1-12H3,(H,30,31);;;2*1H2/q;;;;2*+2;;/p-4. The Balaban J connectivity index is 0.000000313. The first kappa shape index (κ1) is 119. The molecule has 18 nitrogen and oxygen atoms in total. The van der Waals surface area contributed by atoms with Crippen molar-refractivity contribution in [2.45, 2.75) is 458 Å². The van der Waals surface area contributed by atoms with Crippen LogP contribution in [-0.2, 0) is 132 Å². The van der Waals surface area contributed by atoms with E-state index in [1.807, 2.05) is 48.5 Å². The van der Waals surface area contributed by atoms with Crippen LogP contribution in [-0.4, -0.2) is 42.7 Å². The van der Waals surface area contributed by atoms with Crippen LogP contribution >= 0.6 is 31.3 Å². The molecule has 4 heterocycles. The minimum Gasteiger partial charge on any atom is -0.412 e. The molecule has 8 aromatic carbocycles. The summed E-state index contributed by atoms with van der Waals surface area (Å²) in [5.41, 5.74) is 19.5. The molecule has 8 aromatic rings. The highest BCUT2D eigenvalue weighted by Gasteiger charge is 2.49. The van der Waals surface area contributed by atoms with E-state index in [-0.39, 0.29) is 66.1 Å². The van der Waals surface area contributed by atoms with Gasteiger partial charge < -0.3 is 61.4 Å². The molecule has 4 N–H and O–H groups in total. The summed E-state index contributed by atoms with van der Waals surface area (Å²) in [5.74, 6) is 2.99.